The minimum absolute atomic E-state index is 0.0744. The summed E-state index contributed by atoms with van der Waals surface area (Å²) in [5.41, 5.74) is 7.37. The van der Waals surface area contributed by atoms with Crippen LogP contribution < -0.4 is 0 Å². The highest BCUT2D eigenvalue weighted by molar-refractivity contribution is 7.58. The third-order valence-electron chi connectivity index (χ3n) is 7.07. The second kappa shape index (κ2) is 9.54. The van der Waals surface area contributed by atoms with E-state index in [1.165, 1.54) is 62.8 Å². The molecular weight excluding hydrogens is 391 g/mol. The highest BCUT2D eigenvalue weighted by atomic mass is 31.1. The fourth-order valence-corrected chi connectivity index (χ4v) is 7.96. The van der Waals surface area contributed by atoms with Crippen LogP contribution in [0.3, 0.4) is 0 Å². The van der Waals surface area contributed by atoms with Gasteiger partial charge >= 0.3 is 0 Å². The van der Waals surface area contributed by atoms with E-state index in [-0.39, 0.29) is 7.92 Å². The summed E-state index contributed by atoms with van der Waals surface area (Å²) in [5, 5.41) is 5.43. The number of rotatable bonds is 7. The summed E-state index contributed by atoms with van der Waals surface area (Å²) in [6, 6.07) is 27.2. The summed E-state index contributed by atoms with van der Waals surface area (Å²) >= 11 is 0. The van der Waals surface area contributed by atoms with Crippen LogP contribution >= 0.6 is 7.92 Å². The van der Waals surface area contributed by atoms with Gasteiger partial charge in [0.05, 0.1) is 0 Å². The molecule has 0 nitrogen and oxygen atoms in total. The summed E-state index contributed by atoms with van der Waals surface area (Å²) < 4.78 is 0. The SMILES string of the molecule is CCC(C)P(Cc1ccc2ccccc2c1-c1c(C)ccc2ccccc12)[C@@H](C)CC. The van der Waals surface area contributed by atoms with Crippen molar-refractivity contribution in [2.24, 2.45) is 0 Å². The van der Waals surface area contributed by atoms with Crippen LogP contribution in [0.1, 0.15) is 51.7 Å². The van der Waals surface area contributed by atoms with Crippen molar-refractivity contribution in [2.45, 2.75) is 64.9 Å². The predicted molar refractivity (Wildman–Crippen MR) is 142 cm³/mol. The molecule has 0 aliphatic carbocycles. The van der Waals surface area contributed by atoms with Crippen LogP contribution in [-0.2, 0) is 6.16 Å². The van der Waals surface area contributed by atoms with Gasteiger partial charge in [0, 0.05) is 0 Å². The molecule has 4 aromatic rings. The van der Waals surface area contributed by atoms with E-state index in [1.807, 2.05) is 0 Å². The Morgan fingerprint density at radius 3 is 1.74 bits per heavy atom. The molecule has 0 spiro atoms. The molecule has 0 saturated heterocycles. The second-order valence-electron chi connectivity index (χ2n) is 8.99. The van der Waals surface area contributed by atoms with E-state index in [1.54, 1.807) is 0 Å². The molecule has 160 valence electrons. The molecule has 0 aliphatic heterocycles. The zero-order valence-electron chi connectivity index (χ0n) is 19.7. The van der Waals surface area contributed by atoms with Crippen molar-refractivity contribution in [3.05, 3.63) is 83.9 Å². The molecule has 31 heavy (non-hydrogen) atoms. The maximum atomic E-state index is 2.47. The summed E-state index contributed by atoms with van der Waals surface area (Å²) in [7, 11) is -0.0744. The number of aryl methyl sites for hydroxylation is 1. The quantitative estimate of drug-likeness (QED) is 0.258. The van der Waals surface area contributed by atoms with Crippen LogP contribution in [0.25, 0.3) is 32.7 Å². The Kier molecular flexibility index (Phi) is 6.78. The standard InChI is InChI=1S/C30H35P/c1-6-22(4)31(23(5)7-2)20-26-19-18-25-13-9-11-15-28(25)30(26)29-21(3)16-17-24-12-8-10-14-27(24)29/h8-19,22-23H,6-7,20H2,1-5H3/t22-,23?,31?/m0/s1. The Hall–Kier alpha value is -2.17. The molecule has 4 aromatic carbocycles. The van der Waals surface area contributed by atoms with Gasteiger partial charge < -0.3 is 0 Å². The van der Waals surface area contributed by atoms with Crippen LogP contribution in [0, 0.1) is 6.92 Å². The number of benzene rings is 4. The molecule has 0 saturated carbocycles. The molecule has 0 fully saturated rings. The summed E-state index contributed by atoms with van der Waals surface area (Å²) in [6.07, 6.45) is 3.75. The van der Waals surface area contributed by atoms with Crippen molar-refractivity contribution < 1.29 is 0 Å². The van der Waals surface area contributed by atoms with Crippen molar-refractivity contribution in [3.63, 3.8) is 0 Å². The van der Waals surface area contributed by atoms with E-state index in [4.69, 9.17) is 0 Å². The molecule has 2 unspecified atom stereocenters. The van der Waals surface area contributed by atoms with E-state index in [0.717, 1.165) is 11.3 Å². The molecule has 3 atom stereocenters. The molecule has 1 heteroatoms. The molecule has 0 aromatic heterocycles. The van der Waals surface area contributed by atoms with Crippen molar-refractivity contribution in [1.29, 1.82) is 0 Å². The topological polar surface area (TPSA) is 0 Å². The highest BCUT2D eigenvalue weighted by Gasteiger charge is 2.24. The Morgan fingerprint density at radius 1 is 0.645 bits per heavy atom. The minimum atomic E-state index is -0.0744. The third-order valence-corrected chi connectivity index (χ3v) is 10.8. The average molecular weight is 427 g/mol. The van der Waals surface area contributed by atoms with Gasteiger partial charge in [0.25, 0.3) is 0 Å². The molecule has 0 N–H and O–H groups in total. The van der Waals surface area contributed by atoms with E-state index in [9.17, 15) is 0 Å². The fraction of sp³-hybridized carbons (Fsp3) is 0.333. The molecule has 0 heterocycles. The van der Waals surface area contributed by atoms with Crippen LogP contribution in [-0.4, -0.2) is 11.3 Å². The highest BCUT2D eigenvalue weighted by Crippen LogP contribution is 2.53. The zero-order valence-corrected chi connectivity index (χ0v) is 20.5. The lowest BCUT2D eigenvalue weighted by molar-refractivity contribution is 0.828. The van der Waals surface area contributed by atoms with Crippen LogP contribution in [0.5, 0.6) is 0 Å². The van der Waals surface area contributed by atoms with E-state index < -0.39 is 0 Å². The van der Waals surface area contributed by atoms with Gasteiger partial charge in [-0.1, -0.05) is 108 Å². The number of hydrogen-bond donors (Lipinski definition) is 0. The first-order chi connectivity index (χ1) is 15.0. The number of hydrogen-bond acceptors (Lipinski definition) is 0. The lowest BCUT2D eigenvalue weighted by Crippen LogP contribution is -2.11. The van der Waals surface area contributed by atoms with Crippen LogP contribution in [0.4, 0.5) is 0 Å². The maximum Gasteiger partial charge on any atom is -0.00608 e. The molecular formula is C30H35P. The molecule has 0 aliphatic rings. The molecule has 0 bridgehead atoms. The summed E-state index contributed by atoms with van der Waals surface area (Å²) in [5.74, 6) is 0. The summed E-state index contributed by atoms with van der Waals surface area (Å²) in [4.78, 5) is 0. The number of fused-ring (bicyclic) bond motifs is 2. The fourth-order valence-electron chi connectivity index (χ4n) is 4.87. The van der Waals surface area contributed by atoms with Gasteiger partial charge in [-0.05, 0) is 81.0 Å². The molecule has 0 amide bonds. The van der Waals surface area contributed by atoms with E-state index in [0.29, 0.717) is 0 Å². The van der Waals surface area contributed by atoms with Gasteiger partial charge in [-0.25, -0.2) is 0 Å². The average Bonchev–Trinajstić information content (AvgIpc) is 2.81. The van der Waals surface area contributed by atoms with Crippen molar-refractivity contribution in [3.8, 4) is 11.1 Å². The van der Waals surface area contributed by atoms with Crippen molar-refractivity contribution in [1.82, 2.24) is 0 Å². The Morgan fingerprint density at radius 2 is 1.16 bits per heavy atom. The monoisotopic (exact) mass is 426 g/mol. The predicted octanol–water partition coefficient (Wildman–Crippen LogP) is 9.55. The van der Waals surface area contributed by atoms with Crippen LogP contribution in [0.2, 0.25) is 0 Å². The first-order valence-corrected chi connectivity index (χ1v) is 13.5. The normalized spacial score (nSPS) is 14.6. The lowest BCUT2D eigenvalue weighted by atomic mass is 9.88. The van der Waals surface area contributed by atoms with E-state index in [2.05, 4.69) is 107 Å². The first kappa shape index (κ1) is 22.0. The van der Waals surface area contributed by atoms with Gasteiger partial charge in [0.15, 0.2) is 0 Å². The first-order valence-electron chi connectivity index (χ1n) is 11.8. The van der Waals surface area contributed by atoms with E-state index >= 15 is 0 Å². The van der Waals surface area contributed by atoms with Gasteiger partial charge in [-0.2, -0.15) is 0 Å². The Labute approximate surface area is 189 Å². The molecule has 4 rings (SSSR count). The zero-order chi connectivity index (χ0) is 22.0. The Balaban J connectivity index is 2.00. The van der Waals surface area contributed by atoms with Gasteiger partial charge in [-0.3, -0.25) is 0 Å². The van der Waals surface area contributed by atoms with Gasteiger partial charge in [0.1, 0.15) is 0 Å². The van der Waals surface area contributed by atoms with Gasteiger partial charge in [-0.15, -0.1) is 0 Å². The van der Waals surface area contributed by atoms with Crippen molar-refractivity contribution in [2.75, 3.05) is 0 Å². The minimum Gasteiger partial charge on any atom is -0.0964 e. The Bertz CT molecular complexity index is 1180. The maximum absolute atomic E-state index is 2.47. The second-order valence-corrected chi connectivity index (χ2v) is 12.1. The smallest absolute Gasteiger partial charge is 0.00608 e. The van der Waals surface area contributed by atoms with Crippen LogP contribution in [0.15, 0.2) is 72.8 Å². The van der Waals surface area contributed by atoms with Crippen molar-refractivity contribution >= 4 is 29.5 Å². The summed E-state index contributed by atoms with van der Waals surface area (Å²) in [6.45, 7) is 11.9. The van der Waals surface area contributed by atoms with Gasteiger partial charge in [0.2, 0.25) is 0 Å². The molecule has 0 radical (unpaired) electrons. The largest absolute Gasteiger partial charge is 0.0964 e. The third kappa shape index (κ3) is 4.28. The lowest BCUT2D eigenvalue weighted by Gasteiger charge is -2.31.